The molecule has 2 rings (SSSR count). The Bertz CT molecular complexity index is 528. The van der Waals surface area contributed by atoms with E-state index in [-0.39, 0.29) is 5.97 Å². The van der Waals surface area contributed by atoms with Crippen molar-refractivity contribution in [2.45, 2.75) is 25.3 Å². The molecule has 0 spiro atoms. The van der Waals surface area contributed by atoms with Gasteiger partial charge in [-0.3, -0.25) is 14.8 Å². The summed E-state index contributed by atoms with van der Waals surface area (Å²) in [4.78, 5) is 21.4. The number of methoxy groups -OCH3 is 1. The highest BCUT2D eigenvalue weighted by atomic mass is 16.6. The molecule has 1 aromatic rings. The molecule has 0 bridgehead atoms. The van der Waals surface area contributed by atoms with E-state index in [1.165, 1.54) is 13.2 Å². The fourth-order valence-corrected chi connectivity index (χ4v) is 1.96. The first-order valence-corrected chi connectivity index (χ1v) is 5.47. The average Bonchev–Trinajstić information content (AvgIpc) is 3.05. The van der Waals surface area contributed by atoms with Gasteiger partial charge in [0, 0.05) is 11.8 Å². The zero-order chi connectivity index (χ0) is 13.3. The molecule has 18 heavy (non-hydrogen) atoms. The third kappa shape index (κ3) is 1.99. The summed E-state index contributed by atoms with van der Waals surface area (Å²) in [5.41, 5.74) is 0.528. The fourth-order valence-electron chi connectivity index (χ4n) is 1.96. The summed E-state index contributed by atoms with van der Waals surface area (Å²) in [7, 11) is 1.34. The van der Waals surface area contributed by atoms with Crippen molar-refractivity contribution in [1.29, 1.82) is 0 Å². The van der Waals surface area contributed by atoms with Crippen LogP contribution in [0, 0.1) is 17.0 Å². The third-order valence-electron chi connectivity index (χ3n) is 2.97. The van der Waals surface area contributed by atoms with Crippen LogP contribution in [0.3, 0.4) is 0 Å². The van der Waals surface area contributed by atoms with E-state index in [9.17, 15) is 14.9 Å². The number of aryl methyl sites for hydroxylation is 1. The molecule has 7 heteroatoms. The van der Waals surface area contributed by atoms with Crippen molar-refractivity contribution in [3.8, 4) is 0 Å². The number of nitro groups is 1. The minimum atomic E-state index is -0.709. The van der Waals surface area contributed by atoms with E-state index in [0.717, 1.165) is 11.9 Å². The summed E-state index contributed by atoms with van der Waals surface area (Å²) in [5, 5.41) is 14.4. The van der Waals surface area contributed by atoms with Crippen LogP contribution in [0.1, 0.15) is 24.2 Å². The number of hydrogen-bond acceptors (Lipinski definition) is 5. The van der Waals surface area contributed by atoms with Crippen molar-refractivity contribution in [2.75, 3.05) is 7.11 Å². The Morgan fingerprint density at radius 1 is 1.67 bits per heavy atom. The van der Waals surface area contributed by atoms with E-state index < -0.39 is 10.5 Å². The van der Waals surface area contributed by atoms with Crippen LogP contribution in [0.4, 0.5) is 0 Å². The summed E-state index contributed by atoms with van der Waals surface area (Å²) < 4.78 is 6.36. The Morgan fingerprint density at radius 3 is 2.83 bits per heavy atom. The van der Waals surface area contributed by atoms with Crippen molar-refractivity contribution < 1.29 is 14.5 Å². The Balaban J connectivity index is 2.30. The molecule has 0 radical (unpaired) electrons. The van der Waals surface area contributed by atoms with Crippen LogP contribution in [0.25, 0.3) is 6.08 Å². The SMILES string of the molecule is COC(=O)C1(n2nc(C=C[N+](=O)[O-])cc2C)CC1. The van der Waals surface area contributed by atoms with Crippen LogP contribution in [0.2, 0.25) is 0 Å². The largest absolute Gasteiger partial charge is 0.467 e. The molecule has 1 fully saturated rings. The van der Waals surface area contributed by atoms with Crippen LogP contribution in [0.15, 0.2) is 12.3 Å². The molecule has 0 saturated heterocycles. The third-order valence-corrected chi connectivity index (χ3v) is 2.97. The van der Waals surface area contributed by atoms with Gasteiger partial charge in [0.2, 0.25) is 6.20 Å². The van der Waals surface area contributed by atoms with Crippen LogP contribution >= 0.6 is 0 Å². The maximum absolute atomic E-state index is 11.7. The van der Waals surface area contributed by atoms with Crippen LogP contribution in [-0.2, 0) is 15.1 Å². The van der Waals surface area contributed by atoms with E-state index in [4.69, 9.17) is 4.74 Å². The molecule has 1 aliphatic rings. The number of hydrogen-bond donors (Lipinski definition) is 0. The topological polar surface area (TPSA) is 87.3 Å². The molecule has 0 aliphatic heterocycles. The molecule has 1 aromatic heterocycles. The molecule has 7 nitrogen and oxygen atoms in total. The minimum Gasteiger partial charge on any atom is -0.467 e. The molecule has 96 valence electrons. The highest BCUT2D eigenvalue weighted by molar-refractivity contribution is 5.82. The lowest BCUT2D eigenvalue weighted by molar-refractivity contribution is -0.401. The van der Waals surface area contributed by atoms with Gasteiger partial charge in [-0.2, -0.15) is 5.10 Å². The minimum absolute atomic E-state index is 0.321. The number of rotatable bonds is 4. The van der Waals surface area contributed by atoms with Gasteiger partial charge in [-0.05, 0) is 25.8 Å². The van der Waals surface area contributed by atoms with Gasteiger partial charge in [-0.1, -0.05) is 0 Å². The van der Waals surface area contributed by atoms with Gasteiger partial charge < -0.3 is 4.74 Å². The highest BCUT2D eigenvalue weighted by Gasteiger charge is 2.54. The first-order valence-electron chi connectivity index (χ1n) is 5.47. The Labute approximate surface area is 103 Å². The van der Waals surface area contributed by atoms with Crippen molar-refractivity contribution >= 4 is 12.0 Å². The predicted octanol–water partition coefficient (Wildman–Crippen LogP) is 1.10. The van der Waals surface area contributed by atoms with Crippen molar-refractivity contribution in [2.24, 2.45) is 0 Å². The van der Waals surface area contributed by atoms with Gasteiger partial charge in [0.1, 0.15) is 0 Å². The van der Waals surface area contributed by atoms with Crippen molar-refractivity contribution in [3.05, 3.63) is 33.8 Å². The average molecular weight is 251 g/mol. The number of ether oxygens (including phenoxy) is 1. The molecular formula is C11H13N3O4. The Kier molecular flexibility index (Phi) is 2.90. The van der Waals surface area contributed by atoms with E-state index >= 15 is 0 Å². The van der Waals surface area contributed by atoms with Gasteiger partial charge in [0.25, 0.3) is 0 Å². The number of aromatic nitrogens is 2. The highest BCUT2D eigenvalue weighted by Crippen LogP contribution is 2.45. The molecule has 0 aromatic carbocycles. The van der Waals surface area contributed by atoms with E-state index in [2.05, 4.69) is 5.10 Å². The van der Waals surface area contributed by atoms with E-state index in [1.54, 1.807) is 17.7 Å². The second-order valence-corrected chi connectivity index (χ2v) is 4.25. The smallest absolute Gasteiger partial charge is 0.333 e. The number of carbonyl (C=O) groups is 1. The second-order valence-electron chi connectivity index (χ2n) is 4.25. The normalized spacial score (nSPS) is 16.8. The zero-order valence-corrected chi connectivity index (χ0v) is 10.1. The van der Waals surface area contributed by atoms with Gasteiger partial charge in [0.05, 0.1) is 17.7 Å². The molecule has 0 amide bonds. The van der Waals surface area contributed by atoms with Gasteiger partial charge in [-0.15, -0.1) is 0 Å². The lowest BCUT2D eigenvalue weighted by Gasteiger charge is -2.14. The summed E-state index contributed by atoms with van der Waals surface area (Å²) >= 11 is 0. The maximum Gasteiger partial charge on any atom is 0.333 e. The molecule has 1 aliphatic carbocycles. The van der Waals surface area contributed by atoms with E-state index in [1.807, 2.05) is 0 Å². The van der Waals surface area contributed by atoms with E-state index in [0.29, 0.717) is 18.5 Å². The molecule has 0 atom stereocenters. The standard InChI is InChI=1S/C11H13N3O4/c1-8-7-9(3-6-13(16)17)12-14(8)11(4-5-11)10(15)18-2/h3,6-7H,4-5H2,1-2H3. The van der Waals surface area contributed by atoms with Gasteiger partial charge >= 0.3 is 5.97 Å². The van der Waals surface area contributed by atoms with Gasteiger partial charge in [-0.25, -0.2) is 4.79 Å². The molecule has 1 heterocycles. The van der Waals surface area contributed by atoms with Crippen LogP contribution in [0.5, 0.6) is 0 Å². The monoisotopic (exact) mass is 251 g/mol. The molecule has 1 saturated carbocycles. The van der Waals surface area contributed by atoms with Crippen LogP contribution < -0.4 is 0 Å². The quantitative estimate of drug-likeness (QED) is 0.454. The first-order chi connectivity index (χ1) is 8.49. The molecular weight excluding hydrogens is 238 g/mol. The Hall–Kier alpha value is -2.18. The molecule has 0 unspecified atom stereocenters. The summed E-state index contributed by atoms with van der Waals surface area (Å²) in [6.45, 7) is 1.81. The lowest BCUT2D eigenvalue weighted by Crippen LogP contribution is -2.30. The second kappa shape index (κ2) is 4.25. The maximum atomic E-state index is 11.7. The summed E-state index contributed by atoms with van der Waals surface area (Å²) in [5.74, 6) is -0.321. The fraction of sp³-hybridized carbons (Fsp3) is 0.455. The first kappa shape index (κ1) is 12.3. The predicted molar refractivity (Wildman–Crippen MR) is 62.2 cm³/mol. The summed E-state index contributed by atoms with van der Waals surface area (Å²) in [6.07, 6.45) is 3.49. The zero-order valence-electron chi connectivity index (χ0n) is 10.1. The molecule has 0 N–H and O–H groups in total. The number of esters is 1. The van der Waals surface area contributed by atoms with Gasteiger partial charge in [0.15, 0.2) is 5.54 Å². The number of carbonyl (C=O) groups excluding carboxylic acids is 1. The van der Waals surface area contributed by atoms with Crippen molar-refractivity contribution in [3.63, 3.8) is 0 Å². The Morgan fingerprint density at radius 2 is 2.33 bits per heavy atom. The van der Waals surface area contributed by atoms with Crippen LogP contribution in [-0.4, -0.2) is 27.8 Å². The number of nitrogens with zero attached hydrogens (tertiary/aromatic N) is 3. The van der Waals surface area contributed by atoms with Crippen molar-refractivity contribution in [1.82, 2.24) is 9.78 Å². The lowest BCUT2D eigenvalue weighted by atomic mass is 10.2. The summed E-state index contributed by atoms with van der Waals surface area (Å²) in [6, 6.07) is 1.70.